The third kappa shape index (κ3) is 6.24. The minimum Gasteiger partial charge on any atom is -0.325 e. The molecule has 0 saturated carbocycles. The molecule has 2 rings (SSSR count). The van der Waals surface area contributed by atoms with Crippen LogP contribution in [-0.2, 0) is 9.59 Å². The van der Waals surface area contributed by atoms with E-state index >= 15 is 0 Å². The minimum atomic E-state index is -0.391. The quantitative estimate of drug-likeness (QED) is 0.361. The van der Waals surface area contributed by atoms with Crippen molar-refractivity contribution in [2.24, 2.45) is 0 Å². The van der Waals surface area contributed by atoms with E-state index in [2.05, 4.69) is 14.7 Å². The van der Waals surface area contributed by atoms with Crippen molar-refractivity contribution in [3.05, 3.63) is 41.2 Å². The van der Waals surface area contributed by atoms with Crippen molar-refractivity contribution in [1.82, 2.24) is 14.8 Å². The first-order valence-electron chi connectivity index (χ1n) is 8.19. The Morgan fingerprint density at radius 1 is 1.20 bits per heavy atom. The highest BCUT2D eigenvalue weighted by atomic mass is 32.1. The molecule has 0 aliphatic heterocycles. The zero-order chi connectivity index (χ0) is 18.1. The van der Waals surface area contributed by atoms with Crippen LogP contribution in [0.1, 0.15) is 48.9 Å². The highest BCUT2D eigenvalue weighted by Gasteiger charge is 2.24. The number of nitrogens with zero attached hydrogens (tertiary/aromatic N) is 2. The van der Waals surface area contributed by atoms with Gasteiger partial charge in [-0.15, -0.1) is 0 Å². The predicted molar refractivity (Wildman–Crippen MR) is 95.5 cm³/mol. The summed E-state index contributed by atoms with van der Waals surface area (Å²) in [6.45, 7) is 1.81. The van der Waals surface area contributed by atoms with Crippen LogP contribution in [0.2, 0.25) is 0 Å². The molecule has 1 aromatic heterocycles. The van der Waals surface area contributed by atoms with Gasteiger partial charge in [0.1, 0.15) is 10.8 Å². The molecule has 0 aliphatic carbocycles. The third-order valence-electron chi connectivity index (χ3n) is 3.72. The van der Waals surface area contributed by atoms with Crippen LogP contribution in [0, 0.1) is 6.92 Å². The molecule has 0 aliphatic rings. The Labute approximate surface area is 150 Å². The molecule has 7 nitrogen and oxygen atoms in total. The number of rotatable bonds is 9. The Kier molecular flexibility index (Phi) is 7.49. The van der Waals surface area contributed by atoms with Crippen molar-refractivity contribution in [2.45, 2.75) is 44.9 Å². The van der Waals surface area contributed by atoms with Gasteiger partial charge in [-0.25, -0.2) is 10.5 Å². The van der Waals surface area contributed by atoms with Crippen molar-refractivity contribution in [3.63, 3.8) is 0 Å². The lowest BCUT2D eigenvalue weighted by molar-refractivity contribution is -0.129. The summed E-state index contributed by atoms with van der Waals surface area (Å²) in [6.07, 6.45) is 3.14. The summed E-state index contributed by atoms with van der Waals surface area (Å²) in [7, 11) is 0. The maximum Gasteiger partial charge on any atom is 0.243 e. The molecule has 1 atom stereocenters. The highest BCUT2D eigenvalue weighted by Crippen LogP contribution is 2.26. The van der Waals surface area contributed by atoms with Gasteiger partial charge in [-0.05, 0) is 43.4 Å². The second kappa shape index (κ2) is 9.85. The summed E-state index contributed by atoms with van der Waals surface area (Å²) in [5.41, 5.74) is 2.37. The summed E-state index contributed by atoms with van der Waals surface area (Å²) in [5, 5.41) is 12.1. The van der Waals surface area contributed by atoms with Crippen LogP contribution in [0.15, 0.2) is 30.3 Å². The van der Waals surface area contributed by atoms with Crippen molar-refractivity contribution < 1.29 is 14.8 Å². The fourth-order valence-corrected chi connectivity index (χ4v) is 3.23. The predicted octanol–water partition coefficient (Wildman–Crippen LogP) is 3.02. The van der Waals surface area contributed by atoms with Crippen LogP contribution < -0.4 is 10.8 Å². The van der Waals surface area contributed by atoms with Crippen molar-refractivity contribution in [3.8, 4) is 0 Å². The Morgan fingerprint density at radius 3 is 2.60 bits per heavy atom. The number of amides is 2. The molecule has 8 heteroatoms. The van der Waals surface area contributed by atoms with Gasteiger partial charge in [-0.3, -0.25) is 14.8 Å². The van der Waals surface area contributed by atoms with E-state index < -0.39 is 5.91 Å². The number of hydroxylamine groups is 1. The largest absolute Gasteiger partial charge is 0.325 e. The van der Waals surface area contributed by atoms with E-state index in [4.69, 9.17) is 5.21 Å². The van der Waals surface area contributed by atoms with E-state index in [1.54, 1.807) is 12.4 Å². The van der Waals surface area contributed by atoms with Gasteiger partial charge in [0.2, 0.25) is 11.8 Å². The van der Waals surface area contributed by atoms with E-state index in [9.17, 15) is 9.59 Å². The first-order chi connectivity index (χ1) is 12.1. The highest BCUT2D eigenvalue weighted by molar-refractivity contribution is 7.05. The summed E-state index contributed by atoms with van der Waals surface area (Å²) in [4.78, 5) is 28.0. The molecule has 3 N–H and O–H groups in total. The number of unbranched alkanes of at least 4 members (excludes halogenated alkanes) is 2. The number of carbonyl (C=O) groups is 2. The normalized spacial score (nSPS) is 11.8. The van der Waals surface area contributed by atoms with E-state index in [1.807, 2.05) is 30.3 Å². The molecule has 0 fully saturated rings. The fraction of sp³-hybridized carbons (Fsp3) is 0.412. The number of hydrogen-bond acceptors (Lipinski definition) is 6. The monoisotopic (exact) mass is 362 g/mol. The number of carbonyl (C=O) groups excluding carboxylic acids is 2. The van der Waals surface area contributed by atoms with E-state index in [-0.39, 0.29) is 18.2 Å². The lowest BCUT2D eigenvalue weighted by Gasteiger charge is -2.14. The maximum atomic E-state index is 12.7. The van der Waals surface area contributed by atoms with Crippen LogP contribution in [-0.4, -0.2) is 26.4 Å². The summed E-state index contributed by atoms with van der Waals surface area (Å²) < 4.78 is 4.18. The number of benzene rings is 1. The number of anilines is 1. The summed E-state index contributed by atoms with van der Waals surface area (Å²) in [6, 6.07) is 9.31. The lowest BCUT2D eigenvalue weighted by Crippen LogP contribution is -2.21. The van der Waals surface area contributed by atoms with Gasteiger partial charge >= 0.3 is 0 Å². The number of aryl methyl sites for hydroxylation is 1. The fourth-order valence-electron chi connectivity index (χ4n) is 2.44. The Bertz CT molecular complexity index is 690. The van der Waals surface area contributed by atoms with Gasteiger partial charge in [-0.1, -0.05) is 31.0 Å². The smallest absolute Gasteiger partial charge is 0.243 e. The van der Waals surface area contributed by atoms with Crippen molar-refractivity contribution >= 4 is 29.0 Å². The lowest BCUT2D eigenvalue weighted by atomic mass is 10.00. The molecule has 2 aromatic rings. The Balaban J connectivity index is 1.94. The van der Waals surface area contributed by atoms with Gasteiger partial charge in [0.15, 0.2) is 0 Å². The summed E-state index contributed by atoms with van der Waals surface area (Å²) in [5.74, 6) is -0.191. The number of hydrogen-bond donors (Lipinski definition) is 3. The molecule has 25 heavy (non-hydrogen) atoms. The van der Waals surface area contributed by atoms with Crippen LogP contribution >= 0.6 is 11.5 Å². The van der Waals surface area contributed by atoms with Crippen LogP contribution in [0.3, 0.4) is 0 Å². The number of para-hydroxylation sites is 1. The Morgan fingerprint density at radius 2 is 1.96 bits per heavy atom. The van der Waals surface area contributed by atoms with Crippen LogP contribution in [0.4, 0.5) is 5.69 Å². The maximum absolute atomic E-state index is 12.7. The molecule has 0 radical (unpaired) electrons. The van der Waals surface area contributed by atoms with Crippen LogP contribution in [0.5, 0.6) is 0 Å². The van der Waals surface area contributed by atoms with E-state index in [0.29, 0.717) is 23.7 Å². The second-order valence-corrected chi connectivity index (χ2v) is 6.51. The molecule has 0 spiro atoms. The molecule has 134 valence electrons. The minimum absolute atomic E-state index is 0.101. The first-order valence-corrected chi connectivity index (χ1v) is 8.96. The standard InChI is InChI=1S/C17H22N4O3S/c1-12-18-17(25-21-12)14(10-6-3-7-11-15(22)20-24)16(23)19-13-8-4-2-5-9-13/h2,4-5,8-9,14,24H,3,6-7,10-11H2,1H3,(H,19,23)(H,20,22). The zero-order valence-electron chi connectivity index (χ0n) is 14.1. The third-order valence-corrected chi connectivity index (χ3v) is 4.64. The second-order valence-electron chi connectivity index (χ2n) is 5.72. The average molecular weight is 362 g/mol. The van der Waals surface area contributed by atoms with Crippen molar-refractivity contribution in [1.29, 1.82) is 0 Å². The molecule has 1 unspecified atom stereocenters. The molecular weight excluding hydrogens is 340 g/mol. The molecule has 0 bridgehead atoms. The number of aromatic nitrogens is 2. The first kappa shape index (κ1) is 19.0. The molecular formula is C17H22N4O3S. The van der Waals surface area contributed by atoms with Gasteiger partial charge in [0.25, 0.3) is 0 Å². The molecule has 2 amide bonds. The van der Waals surface area contributed by atoms with E-state index in [0.717, 1.165) is 18.5 Å². The van der Waals surface area contributed by atoms with Gasteiger partial charge in [0, 0.05) is 12.1 Å². The van der Waals surface area contributed by atoms with E-state index in [1.165, 1.54) is 11.5 Å². The Hall–Kier alpha value is -2.32. The van der Waals surface area contributed by atoms with Crippen LogP contribution in [0.25, 0.3) is 0 Å². The van der Waals surface area contributed by atoms with Crippen molar-refractivity contribution in [2.75, 3.05) is 5.32 Å². The SMILES string of the molecule is Cc1nsc(C(CCCCCC(=O)NO)C(=O)Nc2ccccc2)n1. The molecule has 0 saturated heterocycles. The number of nitrogens with one attached hydrogen (secondary N) is 2. The van der Waals surface area contributed by atoms with Gasteiger partial charge in [0.05, 0.1) is 5.92 Å². The average Bonchev–Trinajstić information content (AvgIpc) is 3.04. The van der Waals surface area contributed by atoms with Gasteiger partial charge in [-0.2, -0.15) is 4.37 Å². The molecule has 1 heterocycles. The topological polar surface area (TPSA) is 104 Å². The zero-order valence-corrected chi connectivity index (χ0v) is 14.9. The summed E-state index contributed by atoms with van der Waals surface area (Å²) >= 11 is 1.25. The van der Waals surface area contributed by atoms with Gasteiger partial charge < -0.3 is 5.32 Å². The molecule has 1 aromatic carbocycles.